The molecule has 0 unspecified atom stereocenters. The molecule has 0 radical (unpaired) electrons. The van der Waals surface area contributed by atoms with Crippen molar-refractivity contribution in [3.05, 3.63) is 35.9 Å². The molecule has 0 bridgehead atoms. The van der Waals surface area contributed by atoms with Gasteiger partial charge in [0, 0.05) is 0 Å². The van der Waals surface area contributed by atoms with Crippen LogP contribution >= 0.6 is 0 Å². The third kappa shape index (κ3) is 3.05. The Morgan fingerprint density at radius 2 is 1.95 bits per heavy atom. The molecule has 2 rings (SSSR count). The van der Waals surface area contributed by atoms with Crippen molar-refractivity contribution in [2.45, 2.75) is 32.4 Å². The maximum atomic E-state index is 12.1. The van der Waals surface area contributed by atoms with Gasteiger partial charge < -0.3 is 9.47 Å². The number of amides is 1. The van der Waals surface area contributed by atoms with Crippen LogP contribution in [0.3, 0.4) is 0 Å². The van der Waals surface area contributed by atoms with Crippen molar-refractivity contribution in [3.8, 4) is 0 Å². The van der Waals surface area contributed by atoms with Crippen LogP contribution in [-0.4, -0.2) is 29.3 Å². The number of hydrogen-bond acceptors (Lipinski definition) is 4. The maximum Gasteiger partial charge on any atom is 0.414 e. The normalized spacial score (nSPS) is 19.2. The van der Waals surface area contributed by atoms with E-state index in [2.05, 4.69) is 0 Å². The summed E-state index contributed by atoms with van der Waals surface area (Å²) >= 11 is 0. The molecule has 1 aliphatic rings. The van der Waals surface area contributed by atoms with E-state index in [1.807, 2.05) is 18.2 Å². The number of carbonyl (C=O) groups excluding carboxylic acids is 2. The SMILES string of the molecule is CC(C)(C)OC(=O)N1COC(=O)[C@@H]1c1ccccc1. The second-order valence-electron chi connectivity index (χ2n) is 5.36. The third-order valence-corrected chi connectivity index (χ3v) is 2.62. The molecule has 0 saturated carbocycles. The van der Waals surface area contributed by atoms with E-state index in [0.717, 1.165) is 5.56 Å². The molecule has 1 aliphatic heterocycles. The minimum absolute atomic E-state index is 0.0761. The van der Waals surface area contributed by atoms with Crippen molar-refractivity contribution in [2.24, 2.45) is 0 Å². The highest BCUT2D eigenvalue weighted by molar-refractivity contribution is 5.85. The molecule has 1 atom stereocenters. The molecule has 1 saturated heterocycles. The Bertz CT molecular complexity index is 478. The maximum absolute atomic E-state index is 12.1. The minimum Gasteiger partial charge on any atom is -0.444 e. The first kappa shape index (κ1) is 13.4. The fraction of sp³-hybridized carbons (Fsp3) is 0.429. The molecule has 1 aromatic carbocycles. The van der Waals surface area contributed by atoms with Crippen molar-refractivity contribution in [3.63, 3.8) is 0 Å². The Kier molecular flexibility index (Phi) is 3.46. The van der Waals surface area contributed by atoms with Crippen LogP contribution in [0.15, 0.2) is 30.3 Å². The van der Waals surface area contributed by atoms with Gasteiger partial charge in [0.1, 0.15) is 5.60 Å². The van der Waals surface area contributed by atoms with Crippen LogP contribution in [0.25, 0.3) is 0 Å². The summed E-state index contributed by atoms with van der Waals surface area (Å²) in [6.45, 7) is 5.26. The van der Waals surface area contributed by atoms with Crippen molar-refractivity contribution in [1.82, 2.24) is 4.90 Å². The summed E-state index contributed by atoms with van der Waals surface area (Å²) in [7, 11) is 0. The molecule has 1 heterocycles. The lowest BCUT2D eigenvalue weighted by Gasteiger charge is -2.25. The van der Waals surface area contributed by atoms with Gasteiger partial charge in [0.25, 0.3) is 0 Å². The number of esters is 1. The van der Waals surface area contributed by atoms with Crippen molar-refractivity contribution in [1.29, 1.82) is 0 Å². The lowest BCUT2D eigenvalue weighted by Crippen LogP contribution is -2.37. The van der Waals surface area contributed by atoms with Crippen molar-refractivity contribution in [2.75, 3.05) is 6.73 Å². The van der Waals surface area contributed by atoms with E-state index in [-0.39, 0.29) is 6.73 Å². The molecule has 1 amide bonds. The lowest BCUT2D eigenvalue weighted by atomic mass is 10.1. The van der Waals surface area contributed by atoms with Crippen LogP contribution in [0.1, 0.15) is 32.4 Å². The average molecular weight is 263 g/mol. The Hall–Kier alpha value is -2.04. The molecule has 19 heavy (non-hydrogen) atoms. The summed E-state index contributed by atoms with van der Waals surface area (Å²) in [5.74, 6) is -0.433. The van der Waals surface area contributed by atoms with Gasteiger partial charge in [-0.2, -0.15) is 0 Å². The molecule has 0 aromatic heterocycles. The van der Waals surface area contributed by atoms with Gasteiger partial charge >= 0.3 is 12.1 Å². The molecule has 5 nitrogen and oxygen atoms in total. The van der Waals surface area contributed by atoms with E-state index < -0.39 is 23.7 Å². The standard InChI is InChI=1S/C14H17NO4/c1-14(2,3)19-13(17)15-9-18-12(16)11(15)10-7-5-4-6-8-10/h4-8,11H,9H2,1-3H3/t11-/m0/s1. The van der Waals surface area contributed by atoms with Crippen LogP contribution in [0.4, 0.5) is 4.79 Å². The Labute approximate surface area is 112 Å². The van der Waals surface area contributed by atoms with E-state index in [1.54, 1.807) is 32.9 Å². The zero-order valence-electron chi connectivity index (χ0n) is 11.3. The highest BCUT2D eigenvalue weighted by Gasteiger charge is 2.40. The van der Waals surface area contributed by atoms with Gasteiger partial charge in [-0.1, -0.05) is 30.3 Å². The van der Waals surface area contributed by atoms with E-state index >= 15 is 0 Å². The quantitative estimate of drug-likeness (QED) is 0.730. The summed E-state index contributed by atoms with van der Waals surface area (Å²) < 4.78 is 10.2. The molecule has 0 N–H and O–H groups in total. The molecule has 0 spiro atoms. The topological polar surface area (TPSA) is 55.8 Å². The van der Waals surface area contributed by atoms with Crippen LogP contribution in [0.2, 0.25) is 0 Å². The second-order valence-corrected chi connectivity index (χ2v) is 5.36. The van der Waals surface area contributed by atoms with Gasteiger partial charge in [-0.15, -0.1) is 0 Å². The first-order chi connectivity index (χ1) is 8.88. The van der Waals surface area contributed by atoms with E-state index in [0.29, 0.717) is 0 Å². The largest absolute Gasteiger partial charge is 0.444 e. The highest BCUT2D eigenvalue weighted by atomic mass is 16.6. The smallest absolute Gasteiger partial charge is 0.414 e. The minimum atomic E-state index is -0.726. The Morgan fingerprint density at radius 3 is 2.53 bits per heavy atom. The van der Waals surface area contributed by atoms with E-state index in [4.69, 9.17) is 9.47 Å². The Balaban J connectivity index is 2.21. The lowest BCUT2D eigenvalue weighted by molar-refractivity contribution is -0.139. The first-order valence-electron chi connectivity index (χ1n) is 6.10. The van der Waals surface area contributed by atoms with Crippen LogP contribution in [0, 0.1) is 0 Å². The summed E-state index contributed by atoms with van der Waals surface area (Å²) in [5.41, 5.74) is 0.111. The predicted octanol–water partition coefficient (Wildman–Crippen LogP) is 2.48. The van der Waals surface area contributed by atoms with Crippen LogP contribution in [-0.2, 0) is 14.3 Å². The number of hydrogen-bond donors (Lipinski definition) is 0. The van der Waals surface area contributed by atoms with Crippen LogP contribution < -0.4 is 0 Å². The van der Waals surface area contributed by atoms with Gasteiger partial charge in [-0.25, -0.2) is 9.59 Å². The zero-order chi connectivity index (χ0) is 14.0. The van der Waals surface area contributed by atoms with Crippen molar-refractivity contribution >= 4 is 12.1 Å². The number of ether oxygens (including phenoxy) is 2. The van der Waals surface area contributed by atoms with Crippen molar-refractivity contribution < 1.29 is 19.1 Å². The van der Waals surface area contributed by atoms with Gasteiger partial charge in [0.05, 0.1) is 0 Å². The fourth-order valence-electron chi connectivity index (χ4n) is 1.84. The van der Waals surface area contributed by atoms with Gasteiger partial charge in [0.2, 0.25) is 0 Å². The molecule has 0 aliphatic carbocycles. The van der Waals surface area contributed by atoms with Gasteiger partial charge in [-0.05, 0) is 26.3 Å². The second kappa shape index (κ2) is 4.91. The number of benzene rings is 1. The summed E-state index contributed by atoms with van der Waals surface area (Å²) in [4.78, 5) is 25.1. The molecular weight excluding hydrogens is 246 g/mol. The highest BCUT2D eigenvalue weighted by Crippen LogP contribution is 2.28. The van der Waals surface area contributed by atoms with Gasteiger partial charge in [-0.3, -0.25) is 4.90 Å². The average Bonchev–Trinajstić information content (AvgIpc) is 2.70. The monoisotopic (exact) mass is 263 g/mol. The van der Waals surface area contributed by atoms with Crippen LogP contribution in [0.5, 0.6) is 0 Å². The number of nitrogens with zero attached hydrogens (tertiary/aromatic N) is 1. The molecule has 1 fully saturated rings. The number of rotatable bonds is 1. The fourth-order valence-corrected chi connectivity index (χ4v) is 1.84. The summed E-state index contributed by atoms with van der Waals surface area (Å²) in [6, 6.07) is 8.32. The summed E-state index contributed by atoms with van der Waals surface area (Å²) in [6.07, 6.45) is -0.549. The van der Waals surface area contributed by atoms with E-state index in [1.165, 1.54) is 4.90 Å². The molecular formula is C14H17NO4. The zero-order valence-corrected chi connectivity index (χ0v) is 11.3. The third-order valence-electron chi connectivity index (χ3n) is 2.62. The molecule has 5 heteroatoms. The van der Waals surface area contributed by atoms with E-state index in [9.17, 15) is 9.59 Å². The summed E-state index contributed by atoms with van der Waals surface area (Å²) in [5, 5.41) is 0. The number of cyclic esters (lactones) is 1. The first-order valence-corrected chi connectivity index (χ1v) is 6.10. The molecule has 1 aromatic rings. The predicted molar refractivity (Wildman–Crippen MR) is 68.2 cm³/mol. The number of carbonyl (C=O) groups is 2. The Morgan fingerprint density at radius 1 is 1.32 bits per heavy atom. The molecule has 102 valence electrons. The van der Waals surface area contributed by atoms with Gasteiger partial charge in [0.15, 0.2) is 12.8 Å².